The number of rotatable bonds is 3. The Morgan fingerprint density at radius 3 is 2.52 bits per heavy atom. The van der Waals surface area contributed by atoms with Crippen molar-refractivity contribution < 1.29 is 14.7 Å². The van der Waals surface area contributed by atoms with Gasteiger partial charge >= 0.3 is 0 Å². The van der Waals surface area contributed by atoms with Crippen LogP contribution < -0.4 is 11.1 Å². The number of nitrogens with one attached hydrogen (secondary N) is 1. The van der Waals surface area contributed by atoms with Gasteiger partial charge in [-0.2, -0.15) is 0 Å². The molecule has 0 fully saturated rings. The minimum Gasteiger partial charge on any atom is -0.507 e. The summed E-state index contributed by atoms with van der Waals surface area (Å²) in [5.74, 6) is -1.22. The van der Waals surface area contributed by atoms with Crippen LogP contribution in [0.5, 0.6) is 5.75 Å². The summed E-state index contributed by atoms with van der Waals surface area (Å²) in [5, 5.41) is 12.5. The molecule has 0 spiro atoms. The van der Waals surface area contributed by atoms with E-state index in [0.29, 0.717) is 5.69 Å². The lowest BCUT2D eigenvalue weighted by Crippen LogP contribution is -2.14. The molecule has 0 aromatic heterocycles. The number of primary amides is 1. The largest absolute Gasteiger partial charge is 0.507 e. The zero-order valence-electron chi connectivity index (χ0n) is 11.2. The molecule has 6 heteroatoms. The molecule has 0 aliphatic rings. The van der Waals surface area contributed by atoms with Crippen LogP contribution in [-0.2, 0) is 0 Å². The molecule has 0 aliphatic heterocycles. The lowest BCUT2D eigenvalue weighted by Gasteiger charge is -2.09. The summed E-state index contributed by atoms with van der Waals surface area (Å²) < 4.78 is 0. The van der Waals surface area contributed by atoms with Gasteiger partial charge in [0.05, 0.1) is 16.3 Å². The molecule has 0 unspecified atom stereocenters. The molecule has 0 heterocycles. The predicted molar refractivity (Wildman–Crippen MR) is 80.8 cm³/mol. The van der Waals surface area contributed by atoms with Crippen molar-refractivity contribution in [1.82, 2.24) is 0 Å². The van der Waals surface area contributed by atoms with Gasteiger partial charge in [-0.25, -0.2) is 0 Å². The molecule has 0 radical (unpaired) electrons. The number of halogens is 1. The molecule has 2 aromatic rings. The van der Waals surface area contributed by atoms with Gasteiger partial charge in [-0.15, -0.1) is 0 Å². The maximum absolute atomic E-state index is 12.1. The lowest BCUT2D eigenvalue weighted by molar-refractivity contribution is 0.0998. The van der Waals surface area contributed by atoms with Gasteiger partial charge in [0.25, 0.3) is 5.91 Å². The van der Waals surface area contributed by atoms with Gasteiger partial charge in [-0.3, -0.25) is 9.59 Å². The standard InChI is InChI=1S/C15H13ClN2O3/c1-8-2-5-13(19)10(6-8)15(21)18-12-4-3-9(14(17)20)7-11(12)16/h2-7,19H,1H3,(H2,17,20)(H,18,21). The van der Waals surface area contributed by atoms with Crippen LogP contribution in [0.3, 0.4) is 0 Å². The average Bonchev–Trinajstić information content (AvgIpc) is 2.43. The molecule has 21 heavy (non-hydrogen) atoms. The second kappa shape index (κ2) is 5.85. The van der Waals surface area contributed by atoms with Crippen LogP contribution in [-0.4, -0.2) is 16.9 Å². The number of amides is 2. The molecule has 4 N–H and O–H groups in total. The average molecular weight is 305 g/mol. The Morgan fingerprint density at radius 1 is 1.19 bits per heavy atom. The van der Waals surface area contributed by atoms with E-state index in [0.717, 1.165) is 5.56 Å². The second-order valence-corrected chi connectivity index (χ2v) is 4.94. The van der Waals surface area contributed by atoms with E-state index in [-0.39, 0.29) is 21.9 Å². The van der Waals surface area contributed by atoms with Crippen molar-refractivity contribution in [3.05, 3.63) is 58.1 Å². The summed E-state index contributed by atoms with van der Waals surface area (Å²) in [5.41, 5.74) is 6.70. The fraction of sp³-hybridized carbons (Fsp3) is 0.0667. The Bertz CT molecular complexity index is 729. The molecule has 0 bridgehead atoms. The van der Waals surface area contributed by atoms with E-state index in [9.17, 15) is 14.7 Å². The van der Waals surface area contributed by atoms with Gasteiger partial charge < -0.3 is 16.2 Å². The number of hydrogen-bond donors (Lipinski definition) is 3. The highest BCUT2D eigenvalue weighted by Crippen LogP contribution is 2.25. The number of nitrogens with two attached hydrogens (primary N) is 1. The third-order valence-electron chi connectivity index (χ3n) is 2.90. The number of phenolic OH excluding ortho intramolecular Hbond substituents is 1. The predicted octanol–water partition coefficient (Wildman–Crippen LogP) is 2.71. The Balaban J connectivity index is 2.27. The first-order valence-corrected chi connectivity index (χ1v) is 6.46. The Labute approximate surface area is 126 Å². The van der Waals surface area contributed by atoms with E-state index in [1.165, 1.54) is 24.3 Å². The van der Waals surface area contributed by atoms with Crippen LogP contribution in [0.4, 0.5) is 5.69 Å². The zero-order valence-corrected chi connectivity index (χ0v) is 11.9. The number of carbonyl (C=O) groups is 2. The summed E-state index contributed by atoms with van der Waals surface area (Å²) in [4.78, 5) is 23.2. The second-order valence-electron chi connectivity index (χ2n) is 4.53. The number of hydrogen-bond acceptors (Lipinski definition) is 3. The molecule has 0 saturated carbocycles. The number of aromatic hydroxyl groups is 1. The SMILES string of the molecule is Cc1ccc(O)c(C(=O)Nc2ccc(C(N)=O)cc2Cl)c1. The van der Waals surface area contributed by atoms with Crippen molar-refractivity contribution in [3.63, 3.8) is 0 Å². The number of carbonyl (C=O) groups excluding carboxylic acids is 2. The van der Waals surface area contributed by atoms with E-state index >= 15 is 0 Å². The fourth-order valence-corrected chi connectivity index (χ4v) is 2.02. The van der Waals surface area contributed by atoms with Crippen LogP contribution >= 0.6 is 11.6 Å². The molecule has 2 amide bonds. The van der Waals surface area contributed by atoms with Crippen LogP contribution in [0.25, 0.3) is 0 Å². The number of anilines is 1. The Hall–Kier alpha value is -2.53. The van der Waals surface area contributed by atoms with Crippen molar-refractivity contribution in [3.8, 4) is 5.75 Å². The van der Waals surface area contributed by atoms with Crippen LogP contribution in [0.2, 0.25) is 5.02 Å². The zero-order chi connectivity index (χ0) is 15.6. The first kappa shape index (κ1) is 14.9. The molecular weight excluding hydrogens is 292 g/mol. The van der Waals surface area contributed by atoms with Gasteiger partial charge in [0.2, 0.25) is 5.91 Å². The molecule has 5 nitrogen and oxygen atoms in total. The van der Waals surface area contributed by atoms with E-state index in [2.05, 4.69) is 5.32 Å². The topological polar surface area (TPSA) is 92.4 Å². The van der Waals surface area contributed by atoms with Crippen molar-refractivity contribution in [1.29, 1.82) is 0 Å². The highest BCUT2D eigenvalue weighted by Gasteiger charge is 2.14. The van der Waals surface area contributed by atoms with E-state index in [4.69, 9.17) is 17.3 Å². The van der Waals surface area contributed by atoms with Gasteiger partial charge in [0, 0.05) is 5.56 Å². The highest BCUT2D eigenvalue weighted by atomic mass is 35.5. The van der Waals surface area contributed by atoms with Gasteiger partial charge in [-0.05, 0) is 37.3 Å². The summed E-state index contributed by atoms with van der Waals surface area (Å²) in [6.45, 7) is 1.81. The fourth-order valence-electron chi connectivity index (χ4n) is 1.79. The Kier molecular flexibility index (Phi) is 4.14. The molecule has 2 aromatic carbocycles. The van der Waals surface area contributed by atoms with Crippen molar-refractivity contribution >= 4 is 29.1 Å². The third kappa shape index (κ3) is 3.32. The smallest absolute Gasteiger partial charge is 0.259 e. The van der Waals surface area contributed by atoms with E-state index in [1.54, 1.807) is 12.1 Å². The number of benzene rings is 2. The van der Waals surface area contributed by atoms with Gasteiger partial charge in [0.15, 0.2) is 0 Å². The highest BCUT2D eigenvalue weighted by molar-refractivity contribution is 6.34. The molecule has 0 aliphatic carbocycles. The molecular formula is C15H13ClN2O3. The van der Waals surface area contributed by atoms with Gasteiger partial charge in [-0.1, -0.05) is 23.2 Å². The summed E-state index contributed by atoms with van der Waals surface area (Å²) in [7, 11) is 0. The van der Waals surface area contributed by atoms with Crippen LogP contribution in [0.15, 0.2) is 36.4 Å². The van der Waals surface area contributed by atoms with Crippen molar-refractivity contribution in [2.24, 2.45) is 5.73 Å². The van der Waals surface area contributed by atoms with E-state index < -0.39 is 11.8 Å². The van der Waals surface area contributed by atoms with Crippen molar-refractivity contribution in [2.45, 2.75) is 6.92 Å². The summed E-state index contributed by atoms with van der Waals surface area (Å²) in [6.07, 6.45) is 0. The first-order chi connectivity index (χ1) is 9.88. The van der Waals surface area contributed by atoms with E-state index in [1.807, 2.05) is 6.92 Å². The van der Waals surface area contributed by atoms with Crippen LogP contribution in [0.1, 0.15) is 26.3 Å². The quantitative estimate of drug-likeness (QED) is 0.814. The first-order valence-electron chi connectivity index (χ1n) is 6.09. The van der Waals surface area contributed by atoms with Crippen LogP contribution in [0, 0.1) is 6.92 Å². The monoisotopic (exact) mass is 304 g/mol. The summed E-state index contributed by atoms with van der Waals surface area (Å²) in [6, 6.07) is 9.02. The minimum atomic E-state index is -0.605. The maximum atomic E-state index is 12.1. The molecule has 2 rings (SSSR count). The maximum Gasteiger partial charge on any atom is 0.259 e. The van der Waals surface area contributed by atoms with Crippen molar-refractivity contribution in [2.75, 3.05) is 5.32 Å². The molecule has 0 saturated heterocycles. The van der Waals surface area contributed by atoms with Gasteiger partial charge in [0.1, 0.15) is 5.75 Å². The molecule has 108 valence electrons. The molecule has 0 atom stereocenters. The normalized spacial score (nSPS) is 10.2. The minimum absolute atomic E-state index is 0.122. The number of aryl methyl sites for hydroxylation is 1. The number of phenols is 1. The summed E-state index contributed by atoms with van der Waals surface area (Å²) >= 11 is 5.99. The third-order valence-corrected chi connectivity index (χ3v) is 3.21. The Morgan fingerprint density at radius 2 is 1.90 bits per heavy atom. The lowest BCUT2D eigenvalue weighted by atomic mass is 10.1.